The molecule has 2 aromatic heterocycles. The lowest BCUT2D eigenvalue weighted by Crippen LogP contribution is -2.14. The number of pyridine rings is 1. The molecule has 1 amide bonds. The van der Waals surface area contributed by atoms with Crippen molar-refractivity contribution in [1.82, 2.24) is 10.1 Å². The van der Waals surface area contributed by atoms with Gasteiger partial charge in [0.05, 0.1) is 12.0 Å². The Hall–Kier alpha value is -3.73. The summed E-state index contributed by atoms with van der Waals surface area (Å²) in [5, 5.41) is 7.21. The fourth-order valence-corrected chi connectivity index (χ4v) is 3.31. The Kier molecular flexibility index (Phi) is 5.20. The zero-order valence-electron chi connectivity index (χ0n) is 16.3. The number of nitrogens with zero attached hydrogens (tertiary/aromatic N) is 2. The van der Waals surface area contributed by atoms with Crippen LogP contribution in [-0.4, -0.2) is 16.0 Å². The molecule has 0 radical (unpaired) electrons. The van der Waals surface area contributed by atoms with E-state index in [4.69, 9.17) is 4.52 Å². The number of amides is 1. The van der Waals surface area contributed by atoms with Gasteiger partial charge in [-0.25, -0.2) is 0 Å². The van der Waals surface area contributed by atoms with Gasteiger partial charge in [0.1, 0.15) is 5.69 Å². The van der Waals surface area contributed by atoms with E-state index >= 15 is 0 Å². The fraction of sp³-hybridized carbons (Fsp3) is 0.125. The predicted octanol–water partition coefficient (Wildman–Crippen LogP) is 5.20. The Balaban J connectivity index is 1.74. The van der Waals surface area contributed by atoms with Crippen LogP contribution in [0.2, 0.25) is 0 Å². The van der Waals surface area contributed by atoms with Gasteiger partial charge in [-0.1, -0.05) is 53.7 Å². The Labute approximate surface area is 169 Å². The van der Waals surface area contributed by atoms with E-state index < -0.39 is 0 Å². The fourth-order valence-electron chi connectivity index (χ4n) is 3.31. The zero-order chi connectivity index (χ0) is 20.2. The molecule has 0 spiro atoms. The van der Waals surface area contributed by atoms with Crippen molar-refractivity contribution in [2.24, 2.45) is 0 Å². The van der Waals surface area contributed by atoms with E-state index in [2.05, 4.69) is 35.4 Å². The SMILES string of the molecule is Cc1cccc(-c2noc(NC(=O)Cc3ccccc3)c2-c2ccncc2)c1C. The van der Waals surface area contributed by atoms with Crippen molar-refractivity contribution in [1.29, 1.82) is 0 Å². The average molecular weight is 383 g/mol. The van der Waals surface area contributed by atoms with Gasteiger partial charge >= 0.3 is 0 Å². The molecule has 0 bridgehead atoms. The molecule has 4 aromatic rings. The van der Waals surface area contributed by atoms with Crippen LogP contribution in [0, 0.1) is 13.8 Å². The number of hydrogen-bond donors (Lipinski definition) is 1. The van der Waals surface area contributed by atoms with Crippen LogP contribution >= 0.6 is 0 Å². The molecule has 0 unspecified atom stereocenters. The first kappa shape index (κ1) is 18.6. The molecule has 1 N–H and O–H groups in total. The number of rotatable bonds is 5. The number of aromatic nitrogens is 2. The second-order valence-corrected chi connectivity index (χ2v) is 6.93. The van der Waals surface area contributed by atoms with E-state index in [1.54, 1.807) is 12.4 Å². The molecule has 0 fully saturated rings. The molecule has 4 rings (SSSR count). The molecule has 5 nitrogen and oxygen atoms in total. The maximum Gasteiger partial charge on any atom is 0.239 e. The topological polar surface area (TPSA) is 68.0 Å². The van der Waals surface area contributed by atoms with Gasteiger partial charge in [-0.2, -0.15) is 0 Å². The monoisotopic (exact) mass is 383 g/mol. The van der Waals surface area contributed by atoms with Crippen LogP contribution in [-0.2, 0) is 11.2 Å². The number of nitrogens with one attached hydrogen (secondary N) is 1. The average Bonchev–Trinajstić information content (AvgIpc) is 3.14. The van der Waals surface area contributed by atoms with E-state index in [1.165, 1.54) is 5.56 Å². The molecule has 0 aliphatic carbocycles. The molecule has 5 heteroatoms. The molecule has 0 aliphatic rings. The lowest BCUT2D eigenvalue weighted by atomic mass is 9.96. The number of carbonyl (C=O) groups is 1. The van der Waals surface area contributed by atoms with Crippen LogP contribution in [0.4, 0.5) is 5.88 Å². The van der Waals surface area contributed by atoms with E-state index in [9.17, 15) is 4.79 Å². The van der Waals surface area contributed by atoms with Crippen molar-refractivity contribution < 1.29 is 9.32 Å². The molecule has 0 saturated heterocycles. The molecule has 29 heavy (non-hydrogen) atoms. The molecule has 0 aliphatic heterocycles. The van der Waals surface area contributed by atoms with Crippen molar-refractivity contribution in [3.63, 3.8) is 0 Å². The highest BCUT2D eigenvalue weighted by molar-refractivity contribution is 5.98. The van der Waals surface area contributed by atoms with Crippen LogP contribution in [0.15, 0.2) is 77.6 Å². The smallest absolute Gasteiger partial charge is 0.239 e. The van der Waals surface area contributed by atoms with E-state index in [1.807, 2.05) is 54.6 Å². The Bertz CT molecular complexity index is 1140. The van der Waals surface area contributed by atoms with Gasteiger partial charge in [-0.05, 0) is 48.2 Å². The van der Waals surface area contributed by atoms with Crippen LogP contribution in [0.3, 0.4) is 0 Å². The summed E-state index contributed by atoms with van der Waals surface area (Å²) in [6.45, 7) is 4.12. The summed E-state index contributed by atoms with van der Waals surface area (Å²) in [5.41, 5.74) is 6.54. The summed E-state index contributed by atoms with van der Waals surface area (Å²) in [5.74, 6) is 0.184. The van der Waals surface area contributed by atoms with Gasteiger partial charge in [-0.3, -0.25) is 15.1 Å². The van der Waals surface area contributed by atoms with Gasteiger partial charge in [0.2, 0.25) is 11.8 Å². The standard InChI is InChI=1S/C24H21N3O2/c1-16-7-6-10-20(17(16)2)23-22(19-11-13-25-14-12-19)24(29-27-23)26-21(28)15-18-8-4-3-5-9-18/h3-14H,15H2,1-2H3,(H,26,28). The van der Waals surface area contributed by atoms with Gasteiger partial charge in [0.15, 0.2) is 0 Å². The number of hydrogen-bond acceptors (Lipinski definition) is 4. The minimum absolute atomic E-state index is 0.157. The maximum atomic E-state index is 12.6. The zero-order valence-corrected chi connectivity index (χ0v) is 16.3. The Morgan fingerprint density at radius 3 is 2.48 bits per heavy atom. The number of aryl methyl sites for hydroxylation is 1. The third-order valence-corrected chi connectivity index (χ3v) is 4.98. The quantitative estimate of drug-likeness (QED) is 0.514. The normalized spacial score (nSPS) is 10.7. The van der Waals surface area contributed by atoms with Crippen molar-refractivity contribution in [3.05, 3.63) is 89.7 Å². The predicted molar refractivity (Wildman–Crippen MR) is 113 cm³/mol. The Morgan fingerprint density at radius 2 is 1.72 bits per heavy atom. The largest absolute Gasteiger partial charge is 0.337 e. The van der Waals surface area contributed by atoms with Gasteiger partial charge < -0.3 is 4.52 Å². The van der Waals surface area contributed by atoms with E-state index in [0.717, 1.165) is 27.8 Å². The molecule has 2 heterocycles. The minimum Gasteiger partial charge on any atom is -0.337 e. The summed E-state index contributed by atoms with van der Waals surface area (Å²) in [4.78, 5) is 16.7. The van der Waals surface area contributed by atoms with Crippen LogP contribution in [0.5, 0.6) is 0 Å². The molecule has 0 atom stereocenters. The van der Waals surface area contributed by atoms with E-state index in [-0.39, 0.29) is 12.3 Å². The lowest BCUT2D eigenvalue weighted by Gasteiger charge is -2.09. The summed E-state index contributed by atoms with van der Waals surface area (Å²) < 4.78 is 5.61. The van der Waals surface area contributed by atoms with E-state index in [0.29, 0.717) is 11.6 Å². The van der Waals surface area contributed by atoms with Crippen LogP contribution in [0.1, 0.15) is 16.7 Å². The van der Waals surface area contributed by atoms with Gasteiger partial charge in [0, 0.05) is 18.0 Å². The highest BCUT2D eigenvalue weighted by Gasteiger charge is 2.22. The van der Waals surface area contributed by atoms with Crippen molar-refractivity contribution >= 4 is 11.8 Å². The first-order valence-corrected chi connectivity index (χ1v) is 9.44. The molecule has 144 valence electrons. The van der Waals surface area contributed by atoms with Crippen LogP contribution < -0.4 is 5.32 Å². The summed E-state index contributed by atoms with van der Waals surface area (Å²) in [7, 11) is 0. The maximum absolute atomic E-state index is 12.6. The van der Waals surface area contributed by atoms with Gasteiger partial charge in [0.25, 0.3) is 0 Å². The first-order valence-electron chi connectivity index (χ1n) is 9.44. The van der Waals surface area contributed by atoms with Crippen LogP contribution in [0.25, 0.3) is 22.4 Å². The lowest BCUT2D eigenvalue weighted by molar-refractivity contribution is -0.115. The number of carbonyl (C=O) groups excluding carboxylic acids is 1. The second-order valence-electron chi connectivity index (χ2n) is 6.93. The molecular weight excluding hydrogens is 362 g/mol. The molecule has 0 saturated carbocycles. The minimum atomic E-state index is -0.157. The molecular formula is C24H21N3O2. The summed E-state index contributed by atoms with van der Waals surface area (Å²) in [6.07, 6.45) is 3.69. The third-order valence-electron chi connectivity index (χ3n) is 4.98. The van der Waals surface area contributed by atoms with Crippen molar-refractivity contribution in [2.45, 2.75) is 20.3 Å². The molecule has 2 aromatic carbocycles. The first-order chi connectivity index (χ1) is 14.1. The Morgan fingerprint density at radius 1 is 0.966 bits per heavy atom. The summed E-state index contributed by atoms with van der Waals surface area (Å²) >= 11 is 0. The number of benzene rings is 2. The second kappa shape index (κ2) is 8.10. The van der Waals surface area contributed by atoms with Crippen molar-refractivity contribution in [3.8, 4) is 22.4 Å². The van der Waals surface area contributed by atoms with Gasteiger partial charge in [-0.15, -0.1) is 0 Å². The highest BCUT2D eigenvalue weighted by Crippen LogP contribution is 2.39. The number of anilines is 1. The third kappa shape index (κ3) is 3.94. The highest BCUT2D eigenvalue weighted by atomic mass is 16.5. The van der Waals surface area contributed by atoms with Crippen molar-refractivity contribution in [2.75, 3.05) is 5.32 Å². The summed E-state index contributed by atoms with van der Waals surface area (Å²) in [6, 6.07) is 19.4.